The topological polar surface area (TPSA) is 47.6 Å². The molecule has 0 saturated carbocycles. The number of ether oxygens (including phenoxy) is 2. The van der Waals surface area contributed by atoms with Crippen molar-refractivity contribution in [3.05, 3.63) is 59.1 Å². The molecular weight excluding hydrogens is 361 g/mol. The molecule has 2 aromatic rings. The van der Waals surface area contributed by atoms with Gasteiger partial charge in [0.2, 0.25) is 0 Å². The van der Waals surface area contributed by atoms with Gasteiger partial charge in [0, 0.05) is 23.7 Å². The fourth-order valence-electron chi connectivity index (χ4n) is 2.16. The van der Waals surface area contributed by atoms with Crippen LogP contribution in [0.4, 0.5) is 5.69 Å². The van der Waals surface area contributed by atoms with Crippen molar-refractivity contribution in [1.82, 2.24) is 0 Å². The SMILES string of the molecule is COC(=O)CCc1ccc(OCCCNc2ccc(Cl)cc2)cc1.Cl. The Morgan fingerprint density at radius 3 is 2.40 bits per heavy atom. The van der Waals surface area contributed by atoms with Crippen molar-refractivity contribution in [2.45, 2.75) is 19.3 Å². The Labute approximate surface area is 159 Å². The number of rotatable bonds is 9. The molecule has 0 unspecified atom stereocenters. The summed E-state index contributed by atoms with van der Waals surface area (Å²) in [7, 11) is 1.40. The van der Waals surface area contributed by atoms with Gasteiger partial charge in [-0.1, -0.05) is 23.7 Å². The lowest BCUT2D eigenvalue weighted by Crippen LogP contribution is -2.07. The van der Waals surface area contributed by atoms with Crippen molar-refractivity contribution in [2.75, 3.05) is 25.6 Å². The number of nitrogens with one attached hydrogen (secondary N) is 1. The first-order valence-electron chi connectivity index (χ1n) is 7.95. The van der Waals surface area contributed by atoms with Gasteiger partial charge in [0.05, 0.1) is 13.7 Å². The van der Waals surface area contributed by atoms with E-state index in [1.54, 1.807) is 0 Å². The van der Waals surface area contributed by atoms with Gasteiger partial charge in [-0.3, -0.25) is 4.79 Å². The molecule has 4 nitrogen and oxygen atoms in total. The molecule has 0 aliphatic rings. The molecule has 0 aliphatic heterocycles. The van der Waals surface area contributed by atoms with E-state index < -0.39 is 0 Å². The molecule has 0 radical (unpaired) electrons. The van der Waals surface area contributed by atoms with Gasteiger partial charge in [-0.2, -0.15) is 0 Å². The molecule has 2 rings (SSSR count). The maximum Gasteiger partial charge on any atom is 0.305 e. The van der Waals surface area contributed by atoms with Crippen molar-refractivity contribution >= 4 is 35.7 Å². The highest BCUT2D eigenvalue weighted by Gasteiger charge is 2.02. The number of methoxy groups -OCH3 is 1. The second-order valence-electron chi connectivity index (χ2n) is 5.36. The lowest BCUT2D eigenvalue weighted by atomic mass is 10.1. The molecule has 0 heterocycles. The highest BCUT2D eigenvalue weighted by atomic mass is 35.5. The van der Waals surface area contributed by atoms with E-state index in [0.29, 0.717) is 19.4 Å². The van der Waals surface area contributed by atoms with Crippen LogP contribution in [0.15, 0.2) is 48.5 Å². The highest BCUT2D eigenvalue weighted by Crippen LogP contribution is 2.15. The lowest BCUT2D eigenvalue weighted by Gasteiger charge is -2.09. The van der Waals surface area contributed by atoms with Crippen LogP contribution in [0.1, 0.15) is 18.4 Å². The number of halogens is 2. The van der Waals surface area contributed by atoms with Crippen molar-refractivity contribution in [2.24, 2.45) is 0 Å². The number of anilines is 1. The van der Waals surface area contributed by atoms with Gasteiger partial charge < -0.3 is 14.8 Å². The third-order valence-electron chi connectivity index (χ3n) is 3.53. The maximum absolute atomic E-state index is 11.1. The van der Waals surface area contributed by atoms with Crippen LogP contribution in [0.2, 0.25) is 5.02 Å². The van der Waals surface area contributed by atoms with E-state index >= 15 is 0 Å². The van der Waals surface area contributed by atoms with Gasteiger partial charge in [-0.15, -0.1) is 12.4 Å². The van der Waals surface area contributed by atoms with Crippen molar-refractivity contribution in [3.8, 4) is 5.75 Å². The van der Waals surface area contributed by atoms with E-state index in [4.69, 9.17) is 16.3 Å². The Morgan fingerprint density at radius 2 is 1.76 bits per heavy atom. The standard InChI is InChI=1S/C19H22ClNO3.ClH/c1-23-19(22)12-5-15-3-10-18(11-4-15)24-14-2-13-21-17-8-6-16(20)7-9-17;/h3-4,6-11,21H,2,5,12-14H2,1H3;1H. The van der Waals surface area contributed by atoms with Crippen molar-refractivity contribution < 1.29 is 14.3 Å². The van der Waals surface area contributed by atoms with Crippen LogP contribution < -0.4 is 10.1 Å². The fourth-order valence-corrected chi connectivity index (χ4v) is 2.29. The van der Waals surface area contributed by atoms with Crippen LogP contribution in [0, 0.1) is 0 Å². The highest BCUT2D eigenvalue weighted by molar-refractivity contribution is 6.30. The third kappa shape index (κ3) is 8.14. The third-order valence-corrected chi connectivity index (χ3v) is 3.78. The van der Waals surface area contributed by atoms with Crippen LogP contribution >= 0.6 is 24.0 Å². The summed E-state index contributed by atoms with van der Waals surface area (Å²) in [5, 5.41) is 4.05. The molecule has 0 aliphatic carbocycles. The first kappa shape index (κ1) is 21.1. The summed E-state index contributed by atoms with van der Waals surface area (Å²) in [5.74, 6) is 0.645. The van der Waals surface area contributed by atoms with Gasteiger partial charge in [0.1, 0.15) is 5.75 Å². The summed E-state index contributed by atoms with van der Waals surface area (Å²) in [6.07, 6.45) is 1.97. The van der Waals surface area contributed by atoms with E-state index in [9.17, 15) is 4.79 Å². The molecule has 0 aromatic heterocycles. The molecule has 136 valence electrons. The zero-order chi connectivity index (χ0) is 17.2. The number of carbonyl (C=O) groups is 1. The zero-order valence-electron chi connectivity index (χ0n) is 14.2. The van der Waals surface area contributed by atoms with Crippen LogP contribution in [0.5, 0.6) is 5.75 Å². The normalized spacial score (nSPS) is 9.84. The minimum atomic E-state index is -0.191. The van der Waals surface area contributed by atoms with Gasteiger partial charge >= 0.3 is 5.97 Å². The van der Waals surface area contributed by atoms with Gasteiger partial charge in [0.15, 0.2) is 0 Å². The van der Waals surface area contributed by atoms with Gasteiger partial charge in [-0.05, 0) is 54.8 Å². The Bertz CT molecular complexity index is 630. The molecule has 0 amide bonds. The van der Waals surface area contributed by atoms with Gasteiger partial charge in [-0.25, -0.2) is 0 Å². The summed E-state index contributed by atoms with van der Waals surface area (Å²) in [4.78, 5) is 11.1. The van der Waals surface area contributed by atoms with Crippen LogP contribution in [0.25, 0.3) is 0 Å². The van der Waals surface area contributed by atoms with Gasteiger partial charge in [0.25, 0.3) is 0 Å². The van der Waals surface area contributed by atoms with E-state index in [-0.39, 0.29) is 18.4 Å². The number of esters is 1. The van der Waals surface area contributed by atoms with Crippen molar-refractivity contribution in [1.29, 1.82) is 0 Å². The second-order valence-corrected chi connectivity index (χ2v) is 5.79. The average Bonchev–Trinajstić information content (AvgIpc) is 2.62. The van der Waals surface area contributed by atoms with Crippen LogP contribution in [-0.4, -0.2) is 26.2 Å². The molecule has 2 aromatic carbocycles. The lowest BCUT2D eigenvalue weighted by molar-refractivity contribution is -0.140. The predicted molar refractivity (Wildman–Crippen MR) is 104 cm³/mol. The monoisotopic (exact) mass is 383 g/mol. The first-order valence-corrected chi connectivity index (χ1v) is 8.33. The minimum absolute atomic E-state index is 0. The van der Waals surface area contributed by atoms with E-state index in [1.807, 2.05) is 48.5 Å². The van der Waals surface area contributed by atoms with E-state index in [2.05, 4.69) is 10.1 Å². The first-order chi connectivity index (χ1) is 11.7. The number of hydrogen-bond acceptors (Lipinski definition) is 4. The summed E-state index contributed by atoms with van der Waals surface area (Å²) in [6.45, 7) is 1.47. The predicted octanol–water partition coefficient (Wildman–Crippen LogP) is 4.75. The molecule has 0 saturated heterocycles. The molecule has 0 fully saturated rings. The minimum Gasteiger partial charge on any atom is -0.494 e. The molecule has 0 bridgehead atoms. The Morgan fingerprint density at radius 1 is 1.08 bits per heavy atom. The molecule has 6 heteroatoms. The molecule has 1 N–H and O–H groups in total. The zero-order valence-corrected chi connectivity index (χ0v) is 15.7. The Kier molecular flexibility index (Phi) is 9.81. The van der Waals surface area contributed by atoms with E-state index in [1.165, 1.54) is 7.11 Å². The second kappa shape index (κ2) is 11.6. The molecule has 0 spiro atoms. The van der Waals surface area contributed by atoms with Crippen molar-refractivity contribution in [3.63, 3.8) is 0 Å². The number of carbonyl (C=O) groups excluding carboxylic acids is 1. The Balaban J connectivity index is 0.00000312. The Hall–Kier alpha value is -1.91. The quantitative estimate of drug-likeness (QED) is 0.501. The fraction of sp³-hybridized carbons (Fsp3) is 0.316. The van der Waals surface area contributed by atoms with E-state index in [0.717, 1.165) is 35.0 Å². The number of hydrogen-bond donors (Lipinski definition) is 1. The summed E-state index contributed by atoms with van der Waals surface area (Å²) >= 11 is 5.85. The van der Waals surface area contributed by atoms with Crippen LogP contribution in [0.3, 0.4) is 0 Å². The smallest absolute Gasteiger partial charge is 0.305 e. The summed E-state index contributed by atoms with van der Waals surface area (Å²) < 4.78 is 10.3. The molecule has 0 atom stereocenters. The number of aryl methyl sites for hydroxylation is 1. The van der Waals surface area contributed by atoms with Crippen LogP contribution in [-0.2, 0) is 16.0 Å². The average molecular weight is 384 g/mol. The maximum atomic E-state index is 11.1. The number of benzene rings is 2. The molecule has 25 heavy (non-hydrogen) atoms. The largest absolute Gasteiger partial charge is 0.494 e. The summed E-state index contributed by atoms with van der Waals surface area (Å²) in [6, 6.07) is 15.4. The molecular formula is C19H23Cl2NO3. The summed E-state index contributed by atoms with van der Waals surface area (Å²) in [5.41, 5.74) is 2.14.